The minimum absolute atomic E-state index is 0.0998. The molecular formula is C11H14ClNO3. The van der Waals surface area contributed by atoms with Gasteiger partial charge in [-0.25, -0.2) is 0 Å². The number of ether oxygens (including phenoxy) is 2. The number of benzene rings is 1. The number of hydrogen-bond acceptors (Lipinski definition) is 4. The van der Waals surface area contributed by atoms with Crippen molar-refractivity contribution in [1.29, 1.82) is 0 Å². The molecule has 4 nitrogen and oxygen atoms in total. The van der Waals surface area contributed by atoms with Gasteiger partial charge in [0.1, 0.15) is 5.75 Å². The van der Waals surface area contributed by atoms with Gasteiger partial charge in [0.25, 0.3) is 0 Å². The summed E-state index contributed by atoms with van der Waals surface area (Å²) < 4.78 is 9.56. The molecule has 0 fully saturated rings. The first-order valence-electron chi connectivity index (χ1n) is 4.74. The lowest BCUT2D eigenvalue weighted by Crippen LogP contribution is -2.16. The maximum atomic E-state index is 11.1. The molecule has 0 aliphatic heterocycles. The fourth-order valence-electron chi connectivity index (χ4n) is 1.31. The predicted octanol–water partition coefficient (Wildman–Crippen LogP) is 1.91. The highest BCUT2D eigenvalue weighted by Gasteiger charge is 2.15. The Balaban J connectivity index is 2.83. The molecule has 1 rings (SSSR count). The van der Waals surface area contributed by atoms with Crippen LogP contribution >= 0.6 is 11.6 Å². The van der Waals surface area contributed by atoms with Crippen molar-refractivity contribution in [2.75, 3.05) is 14.2 Å². The van der Waals surface area contributed by atoms with Crippen molar-refractivity contribution in [3.05, 3.63) is 28.8 Å². The average Bonchev–Trinajstić information content (AvgIpc) is 2.28. The quantitative estimate of drug-likeness (QED) is 0.821. The lowest BCUT2D eigenvalue weighted by atomic mass is 10.0. The van der Waals surface area contributed by atoms with Crippen LogP contribution in [0, 0.1) is 0 Å². The van der Waals surface area contributed by atoms with Crippen molar-refractivity contribution in [1.82, 2.24) is 0 Å². The van der Waals surface area contributed by atoms with Gasteiger partial charge in [0.15, 0.2) is 0 Å². The standard InChI is InChI=1S/C11H14ClNO3/c1-15-7-3-4-8(9(12)5-7)10(13)6-11(14)16-2/h3-5,10H,6,13H2,1-2H3. The molecule has 0 saturated heterocycles. The number of halogens is 1. The van der Waals surface area contributed by atoms with Gasteiger partial charge in [0.2, 0.25) is 0 Å². The Hall–Kier alpha value is -1.26. The first-order chi connectivity index (χ1) is 7.58. The van der Waals surface area contributed by atoms with E-state index in [1.165, 1.54) is 7.11 Å². The van der Waals surface area contributed by atoms with E-state index in [0.29, 0.717) is 16.3 Å². The molecule has 0 aromatic heterocycles. The second-order valence-electron chi connectivity index (χ2n) is 3.27. The van der Waals surface area contributed by atoms with Crippen molar-refractivity contribution in [3.8, 4) is 5.75 Å². The van der Waals surface area contributed by atoms with Gasteiger partial charge in [0, 0.05) is 11.1 Å². The third kappa shape index (κ3) is 3.12. The molecule has 0 saturated carbocycles. The van der Waals surface area contributed by atoms with E-state index in [0.717, 1.165) is 0 Å². The highest BCUT2D eigenvalue weighted by atomic mass is 35.5. The van der Waals surface area contributed by atoms with Gasteiger partial charge in [-0.2, -0.15) is 0 Å². The third-order valence-corrected chi connectivity index (χ3v) is 2.55. The molecule has 1 aromatic carbocycles. The SMILES string of the molecule is COC(=O)CC(N)c1ccc(OC)cc1Cl. The van der Waals surface area contributed by atoms with Crippen LogP contribution in [0.1, 0.15) is 18.0 Å². The maximum absolute atomic E-state index is 11.1. The van der Waals surface area contributed by atoms with Crippen molar-refractivity contribution in [2.24, 2.45) is 5.73 Å². The topological polar surface area (TPSA) is 61.5 Å². The number of esters is 1. The second kappa shape index (κ2) is 5.72. The molecular weight excluding hydrogens is 230 g/mol. The van der Waals surface area contributed by atoms with E-state index >= 15 is 0 Å². The maximum Gasteiger partial charge on any atom is 0.307 e. The number of hydrogen-bond donors (Lipinski definition) is 1. The lowest BCUT2D eigenvalue weighted by Gasteiger charge is -2.13. The molecule has 5 heteroatoms. The molecule has 1 unspecified atom stereocenters. The monoisotopic (exact) mass is 243 g/mol. The molecule has 1 aromatic rings. The van der Waals surface area contributed by atoms with Gasteiger partial charge in [0.05, 0.1) is 20.6 Å². The highest BCUT2D eigenvalue weighted by Crippen LogP contribution is 2.27. The summed E-state index contributed by atoms with van der Waals surface area (Å²) in [6.07, 6.45) is 0.0998. The van der Waals surface area contributed by atoms with Gasteiger partial charge in [-0.15, -0.1) is 0 Å². The Morgan fingerprint density at radius 1 is 1.50 bits per heavy atom. The zero-order valence-corrected chi connectivity index (χ0v) is 9.95. The summed E-state index contributed by atoms with van der Waals surface area (Å²) in [5, 5.41) is 0.482. The van der Waals surface area contributed by atoms with E-state index in [2.05, 4.69) is 4.74 Å². The number of nitrogens with two attached hydrogens (primary N) is 1. The van der Waals surface area contributed by atoms with E-state index < -0.39 is 6.04 Å². The van der Waals surface area contributed by atoms with Crippen LogP contribution in [0.4, 0.5) is 0 Å². The van der Waals surface area contributed by atoms with Crippen LogP contribution in [0.2, 0.25) is 5.02 Å². The molecule has 0 aliphatic rings. The fraction of sp³-hybridized carbons (Fsp3) is 0.364. The van der Waals surface area contributed by atoms with Gasteiger partial charge in [-0.3, -0.25) is 4.79 Å². The number of carbonyl (C=O) groups is 1. The molecule has 0 bridgehead atoms. The molecule has 0 aliphatic carbocycles. The van der Waals surface area contributed by atoms with Crippen LogP contribution in [0.5, 0.6) is 5.75 Å². The van der Waals surface area contributed by atoms with Crippen molar-refractivity contribution < 1.29 is 14.3 Å². The van der Waals surface area contributed by atoms with Crippen LogP contribution in [0.3, 0.4) is 0 Å². The Kier molecular flexibility index (Phi) is 4.58. The molecule has 0 spiro atoms. The van der Waals surface area contributed by atoms with Crippen LogP contribution in [-0.4, -0.2) is 20.2 Å². The van der Waals surface area contributed by atoms with E-state index in [1.807, 2.05) is 0 Å². The largest absolute Gasteiger partial charge is 0.497 e. The molecule has 0 radical (unpaired) electrons. The molecule has 1 atom stereocenters. The first kappa shape index (κ1) is 12.8. The minimum Gasteiger partial charge on any atom is -0.497 e. The van der Waals surface area contributed by atoms with Gasteiger partial charge in [-0.05, 0) is 17.7 Å². The Morgan fingerprint density at radius 3 is 2.69 bits per heavy atom. The van der Waals surface area contributed by atoms with Crippen LogP contribution in [0.25, 0.3) is 0 Å². The summed E-state index contributed by atoms with van der Waals surface area (Å²) in [4.78, 5) is 11.1. The van der Waals surface area contributed by atoms with Gasteiger partial charge < -0.3 is 15.2 Å². The molecule has 0 heterocycles. The van der Waals surface area contributed by atoms with Gasteiger partial charge in [-0.1, -0.05) is 17.7 Å². The number of rotatable bonds is 4. The van der Waals surface area contributed by atoms with Crippen molar-refractivity contribution in [3.63, 3.8) is 0 Å². The summed E-state index contributed by atoms with van der Waals surface area (Å²) >= 11 is 6.02. The summed E-state index contributed by atoms with van der Waals surface area (Å²) in [5.41, 5.74) is 6.54. The van der Waals surface area contributed by atoms with Crippen LogP contribution in [-0.2, 0) is 9.53 Å². The minimum atomic E-state index is -0.467. The zero-order chi connectivity index (χ0) is 12.1. The van der Waals surface area contributed by atoms with Crippen molar-refractivity contribution >= 4 is 17.6 Å². The molecule has 88 valence electrons. The molecule has 16 heavy (non-hydrogen) atoms. The number of methoxy groups -OCH3 is 2. The van der Waals surface area contributed by atoms with E-state index in [-0.39, 0.29) is 12.4 Å². The second-order valence-corrected chi connectivity index (χ2v) is 3.68. The Morgan fingerprint density at radius 2 is 2.19 bits per heavy atom. The summed E-state index contributed by atoms with van der Waals surface area (Å²) in [5.74, 6) is 0.290. The Labute approximate surface area is 99.3 Å². The highest BCUT2D eigenvalue weighted by molar-refractivity contribution is 6.31. The normalized spacial score (nSPS) is 12.0. The van der Waals surface area contributed by atoms with Crippen LogP contribution in [0.15, 0.2) is 18.2 Å². The van der Waals surface area contributed by atoms with Crippen molar-refractivity contribution in [2.45, 2.75) is 12.5 Å². The summed E-state index contributed by atoms with van der Waals surface area (Å²) in [7, 11) is 2.88. The Bertz CT molecular complexity index is 381. The van der Waals surface area contributed by atoms with E-state index in [4.69, 9.17) is 22.1 Å². The molecule has 0 amide bonds. The average molecular weight is 244 g/mol. The zero-order valence-electron chi connectivity index (χ0n) is 9.20. The first-order valence-corrected chi connectivity index (χ1v) is 5.12. The fourth-order valence-corrected chi connectivity index (χ4v) is 1.62. The molecule has 2 N–H and O–H groups in total. The smallest absolute Gasteiger partial charge is 0.307 e. The number of carbonyl (C=O) groups excluding carboxylic acids is 1. The summed E-state index contributed by atoms with van der Waals surface area (Å²) in [6, 6.07) is 4.69. The predicted molar refractivity (Wildman–Crippen MR) is 61.6 cm³/mol. The van der Waals surface area contributed by atoms with Gasteiger partial charge >= 0.3 is 5.97 Å². The van der Waals surface area contributed by atoms with Crippen LogP contribution < -0.4 is 10.5 Å². The summed E-state index contributed by atoms with van der Waals surface area (Å²) in [6.45, 7) is 0. The van der Waals surface area contributed by atoms with E-state index in [9.17, 15) is 4.79 Å². The third-order valence-electron chi connectivity index (χ3n) is 2.22. The lowest BCUT2D eigenvalue weighted by molar-refractivity contribution is -0.141. The van der Waals surface area contributed by atoms with E-state index in [1.54, 1.807) is 25.3 Å².